The standard InChI is InChI=1S/C17H19N3O4S/c1-4-14-16(25-20-19-14)17(23)24-9-15(22)13-7-5-12(6-8-13)10(2)18-11(3)21/h5-8,10H,4,9H2,1-3H3,(H,18,21)/t10-/m0/s1. The van der Waals surface area contributed by atoms with Crippen molar-refractivity contribution in [3.05, 3.63) is 46.0 Å². The fourth-order valence-electron chi connectivity index (χ4n) is 2.22. The molecule has 0 radical (unpaired) electrons. The second-order valence-corrected chi connectivity index (χ2v) is 6.20. The monoisotopic (exact) mass is 361 g/mol. The largest absolute Gasteiger partial charge is 0.453 e. The van der Waals surface area contributed by atoms with Gasteiger partial charge in [-0.05, 0) is 30.4 Å². The molecule has 8 heteroatoms. The lowest BCUT2D eigenvalue weighted by atomic mass is 10.0. The van der Waals surface area contributed by atoms with E-state index in [9.17, 15) is 14.4 Å². The van der Waals surface area contributed by atoms with Gasteiger partial charge in [-0.25, -0.2) is 4.79 Å². The lowest BCUT2D eigenvalue weighted by molar-refractivity contribution is -0.119. The number of rotatable bonds is 7. The Labute approximate surface area is 149 Å². The maximum absolute atomic E-state index is 12.2. The third-order valence-electron chi connectivity index (χ3n) is 3.56. The highest BCUT2D eigenvalue weighted by atomic mass is 32.1. The van der Waals surface area contributed by atoms with E-state index >= 15 is 0 Å². The Bertz CT molecular complexity index is 770. The zero-order valence-electron chi connectivity index (χ0n) is 14.2. The number of nitrogens with one attached hydrogen (secondary N) is 1. The molecule has 1 heterocycles. The first-order valence-electron chi connectivity index (χ1n) is 7.81. The number of carbonyl (C=O) groups excluding carboxylic acids is 3. The molecule has 0 aliphatic carbocycles. The molecule has 2 aromatic rings. The van der Waals surface area contributed by atoms with Crippen LogP contribution in [0.4, 0.5) is 0 Å². The molecule has 0 bridgehead atoms. The van der Waals surface area contributed by atoms with Gasteiger partial charge in [-0.1, -0.05) is 35.7 Å². The summed E-state index contributed by atoms with van der Waals surface area (Å²) in [5, 5.41) is 6.61. The minimum absolute atomic E-state index is 0.122. The van der Waals surface area contributed by atoms with Crippen molar-refractivity contribution in [3.63, 3.8) is 0 Å². The molecular weight excluding hydrogens is 342 g/mol. The van der Waals surface area contributed by atoms with Gasteiger partial charge in [-0.3, -0.25) is 9.59 Å². The quantitative estimate of drug-likeness (QED) is 0.600. The van der Waals surface area contributed by atoms with Crippen molar-refractivity contribution in [2.45, 2.75) is 33.2 Å². The lowest BCUT2D eigenvalue weighted by Crippen LogP contribution is -2.23. The van der Waals surface area contributed by atoms with Gasteiger partial charge in [0.1, 0.15) is 0 Å². The maximum Gasteiger partial charge on any atom is 0.352 e. The van der Waals surface area contributed by atoms with E-state index in [1.165, 1.54) is 6.92 Å². The normalized spacial score (nSPS) is 11.6. The Morgan fingerprint density at radius 3 is 2.52 bits per heavy atom. The highest BCUT2D eigenvalue weighted by molar-refractivity contribution is 7.07. The summed E-state index contributed by atoms with van der Waals surface area (Å²) < 4.78 is 8.78. The van der Waals surface area contributed by atoms with Gasteiger partial charge in [0.05, 0.1) is 11.7 Å². The van der Waals surface area contributed by atoms with Crippen molar-refractivity contribution < 1.29 is 19.1 Å². The van der Waals surface area contributed by atoms with E-state index in [-0.39, 0.29) is 24.3 Å². The van der Waals surface area contributed by atoms with Gasteiger partial charge in [0.2, 0.25) is 5.91 Å². The molecule has 25 heavy (non-hydrogen) atoms. The number of ketones is 1. The summed E-state index contributed by atoms with van der Waals surface area (Å²) in [7, 11) is 0. The smallest absolute Gasteiger partial charge is 0.352 e. The second kappa shape index (κ2) is 8.48. The van der Waals surface area contributed by atoms with Crippen molar-refractivity contribution in [1.29, 1.82) is 0 Å². The third-order valence-corrected chi connectivity index (χ3v) is 4.31. The number of benzene rings is 1. The number of aromatic nitrogens is 2. The van der Waals surface area contributed by atoms with Crippen LogP contribution >= 0.6 is 11.5 Å². The van der Waals surface area contributed by atoms with E-state index in [2.05, 4.69) is 14.9 Å². The number of hydrogen-bond donors (Lipinski definition) is 1. The first-order valence-corrected chi connectivity index (χ1v) is 8.58. The minimum atomic E-state index is -0.587. The number of Topliss-reactive ketones (excluding diaryl/α,β-unsaturated/α-hetero) is 1. The molecule has 2 rings (SSSR count). The summed E-state index contributed by atoms with van der Waals surface area (Å²) >= 11 is 0.958. The van der Waals surface area contributed by atoms with Crippen LogP contribution in [-0.2, 0) is 16.0 Å². The molecule has 0 saturated heterocycles. The zero-order valence-corrected chi connectivity index (χ0v) is 15.1. The molecule has 1 aromatic heterocycles. The lowest BCUT2D eigenvalue weighted by Gasteiger charge is -2.13. The number of carbonyl (C=O) groups is 3. The van der Waals surface area contributed by atoms with Crippen LogP contribution < -0.4 is 5.32 Å². The first kappa shape index (κ1) is 18.7. The van der Waals surface area contributed by atoms with Gasteiger partial charge in [-0.15, -0.1) is 5.10 Å². The van der Waals surface area contributed by atoms with Gasteiger partial charge < -0.3 is 10.1 Å². The molecule has 0 fully saturated rings. The van der Waals surface area contributed by atoms with E-state index in [1.807, 2.05) is 13.8 Å². The van der Waals surface area contributed by atoms with Crippen molar-refractivity contribution in [3.8, 4) is 0 Å². The molecular formula is C17H19N3O4S. The molecule has 0 aliphatic heterocycles. The minimum Gasteiger partial charge on any atom is -0.453 e. The number of nitrogens with zero attached hydrogens (tertiary/aromatic N) is 2. The topological polar surface area (TPSA) is 98.2 Å². The third kappa shape index (κ3) is 4.93. The Hall–Kier alpha value is -2.61. The second-order valence-electron chi connectivity index (χ2n) is 5.45. The SMILES string of the molecule is CCc1nnsc1C(=O)OCC(=O)c1ccc([C@H](C)NC(C)=O)cc1. The Balaban J connectivity index is 1.95. The van der Waals surface area contributed by atoms with Crippen LogP contribution in [0.3, 0.4) is 0 Å². The summed E-state index contributed by atoms with van der Waals surface area (Å²) in [6, 6.07) is 6.67. The van der Waals surface area contributed by atoms with Crippen molar-refractivity contribution in [2.75, 3.05) is 6.61 Å². The van der Waals surface area contributed by atoms with Crippen molar-refractivity contribution in [2.24, 2.45) is 0 Å². The molecule has 0 spiro atoms. The van der Waals surface area contributed by atoms with E-state index in [1.54, 1.807) is 24.3 Å². The number of esters is 1. The molecule has 1 aromatic carbocycles. The van der Waals surface area contributed by atoms with Gasteiger partial charge in [-0.2, -0.15) is 0 Å². The van der Waals surface area contributed by atoms with Crippen LogP contribution in [0, 0.1) is 0 Å². The number of ether oxygens (including phenoxy) is 1. The van der Waals surface area contributed by atoms with Crippen LogP contribution in [0.1, 0.15) is 58.1 Å². The highest BCUT2D eigenvalue weighted by Crippen LogP contribution is 2.15. The average Bonchev–Trinajstić information content (AvgIpc) is 3.07. The summed E-state index contributed by atoms with van der Waals surface area (Å²) in [4.78, 5) is 35.5. The predicted octanol–water partition coefficient (Wildman–Crippen LogP) is 2.34. The summed E-state index contributed by atoms with van der Waals surface area (Å²) in [5.41, 5.74) is 1.88. The first-order chi connectivity index (χ1) is 11.9. The molecule has 132 valence electrons. The van der Waals surface area contributed by atoms with Crippen molar-refractivity contribution >= 4 is 29.2 Å². The molecule has 0 saturated carbocycles. The number of hydrogen-bond acceptors (Lipinski definition) is 7. The molecule has 7 nitrogen and oxygen atoms in total. The Morgan fingerprint density at radius 1 is 1.24 bits per heavy atom. The molecule has 1 N–H and O–H groups in total. The summed E-state index contributed by atoms with van der Waals surface area (Å²) in [6.45, 7) is 4.82. The van der Waals surface area contributed by atoms with E-state index in [0.29, 0.717) is 22.6 Å². The van der Waals surface area contributed by atoms with E-state index < -0.39 is 5.97 Å². The Morgan fingerprint density at radius 2 is 1.92 bits per heavy atom. The molecule has 0 aliphatic rings. The highest BCUT2D eigenvalue weighted by Gasteiger charge is 2.18. The van der Waals surface area contributed by atoms with Gasteiger partial charge in [0.25, 0.3) is 0 Å². The maximum atomic E-state index is 12.2. The van der Waals surface area contributed by atoms with Gasteiger partial charge >= 0.3 is 5.97 Å². The van der Waals surface area contributed by atoms with Crippen LogP contribution in [0.15, 0.2) is 24.3 Å². The van der Waals surface area contributed by atoms with Crippen molar-refractivity contribution in [1.82, 2.24) is 14.9 Å². The van der Waals surface area contributed by atoms with Crippen LogP contribution in [-0.4, -0.2) is 33.9 Å². The molecule has 1 atom stereocenters. The van der Waals surface area contributed by atoms with E-state index in [4.69, 9.17) is 4.74 Å². The van der Waals surface area contributed by atoms with Crippen LogP contribution in [0.2, 0.25) is 0 Å². The summed E-state index contributed by atoms with van der Waals surface area (Å²) in [5.74, 6) is -1.01. The zero-order chi connectivity index (χ0) is 18.4. The average molecular weight is 361 g/mol. The number of aryl methyl sites for hydroxylation is 1. The fraction of sp³-hybridized carbons (Fsp3) is 0.353. The van der Waals surface area contributed by atoms with Crippen LogP contribution in [0.25, 0.3) is 0 Å². The van der Waals surface area contributed by atoms with Gasteiger partial charge in [0, 0.05) is 12.5 Å². The molecule has 1 amide bonds. The Kier molecular flexibility index (Phi) is 6.35. The fourth-order valence-corrected chi connectivity index (χ4v) is 2.87. The predicted molar refractivity (Wildman–Crippen MR) is 92.6 cm³/mol. The summed E-state index contributed by atoms with van der Waals surface area (Å²) in [6.07, 6.45) is 0.572. The van der Waals surface area contributed by atoms with Gasteiger partial charge in [0.15, 0.2) is 17.3 Å². The van der Waals surface area contributed by atoms with E-state index in [0.717, 1.165) is 17.1 Å². The molecule has 0 unspecified atom stereocenters. The van der Waals surface area contributed by atoms with Crippen LogP contribution in [0.5, 0.6) is 0 Å². The number of amides is 1.